The highest BCUT2D eigenvalue weighted by atomic mass is 32.1. The zero-order chi connectivity index (χ0) is 20.5. The van der Waals surface area contributed by atoms with E-state index in [0.29, 0.717) is 10.7 Å². The standard InChI is InChI=1S/C22H20N2O4S/c1-12(19-20(21(25)26)29-13(2)24-19)23-22(27)28-11-18-16-9-5-3-7-14(16)15-8-4-6-10-17(15)18/h3-10,12,18H,11H2,1-2H3,(H,23,27)(H,25,26)/t12-/m0/s1. The van der Waals surface area contributed by atoms with Crippen LogP contribution in [0.3, 0.4) is 0 Å². The van der Waals surface area contributed by atoms with Crippen LogP contribution in [0.5, 0.6) is 0 Å². The third-order valence-corrected chi connectivity index (χ3v) is 6.02. The van der Waals surface area contributed by atoms with Crippen LogP contribution in [0.25, 0.3) is 11.1 Å². The Bertz CT molecular complexity index is 1050. The van der Waals surface area contributed by atoms with Crippen LogP contribution >= 0.6 is 11.3 Å². The Morgan fingerprint density at radius 2 is 1.72 bits per heavy atom. The number of carbonyl (C=O) groups is 2. The fourth-order valence-electron chi connectivity index (χ4n) is 3.78. The largest absolute Gasteiger partial charge is 0.477 e. The number of fused-ring (bicyclic) bond motifs is 3. The summed E-state index contributed by atoms with van der Waals surface area (Å²) in [5.74, 6) is -1.08. The summed E-state index contributed by atoms with van der Waals surface area (Å²) >= 11 is 1.09. The molecule has 6 nitrogen and oxygen atoms in total. The minimum Gasteiger partial charge on any atom is -0.477 e. The van der Waals surface area contributed by atoms with E-state index in [4.69, 9.17) is 4.74 Å². The van der Waals surface area contributed by atoms with E-state index in [1.165, 1.54) is 0 Å². The molecule has 0 aliphatic heterocycles. The van der Waals surface area contributed by atoms with Crippen molar-refractivity contribution in [3.63, 3.8) is 0 Å². The number of hydrogen-bond acceptors (Lipinski definition) is 5. The van der Waals surface area contributed by atoms with Crippen molar-refractivity contribution in [1.82, 2.24) is 10.3 Å². The molecule has 0 saturated heterocycles. The third kappa shape index (κ3) is 3.61. The second-order valence-electron chi connectivity index (χ2n) is 6.94. The number of carboxylic acids is 1. The third-order valence-electron chi connectivity index (χ3n) is 5.04. The van der Waals surface area contributed by atoms with Gasteiger partial charge in [-0.2, -0.15) is 0 Å². The van der Waals surface area contributed by atoms with Gasteiger partial charge in [0.05, 0.1) is 16.7 Å². The van der Waals surface area contributed by atoms with Gasteiger partial charge in [-0.3, -0.25) is 0 Å². The molecule has 1 aliphatic rings. The highest BCUT2D eigenvalue weighted by molar-refractivity contribution is 7.13. The molecule has 29 heavy (non-hydrogen) atoms. The Morgan fingerprint density at radius 3 is 2.31 bits per heavy atom. The smallest absolute Gasteiger partial charge is 0.407 e. The van der Waals surface area contributed by atoms with Gasteiger partial charge in [-0.1, -0.05) is 48.5 Å². The van der Waals surface area contributed by atoms with E-state index in [9.17, 15) is 14.7 Å². The molecule has 0 spiro atoms. The number of benzene rings is 2. The summed E-state index contributed by atoms with van der Waals surface area (Å²) in [5, 5.41) is 12.7. The van der Waals surface area contributed by atoms with Gasteiger partial charge in [-0.05, 0) is 36.1 Å². The average molecular weight is 408 g/mol. The summed E-state index contributed by atoms with van der Waals surface area (Å²) in [5.41, 5.74) is 4.94. The second kappa shape index (κ2) is 7.67. The number of nitrogens with one attached hydrogen (secondary N) is 1. The number of aromatic carboxylic acids is 1. The number of carbonyl (C=O) groups excluding carboxylic acids is 1. The predicted octanol–water partition coefficient (Wildman–Crippen LogP) is 4.75. The molecule has 1 aromatic heterocycles. The Kier molecular flexibility index (Phi) is 5.07. The van der Waals surface area contributed by atoms with Crippen LogP contribution in [0.15, 0.2) is 48.5 Å². The van der Waals surface area contributed by atoms with Crippen molar-refractivity contribution in [3.8, 4) is 11.1 Å². The maximum atomic E-state index is 12.4. The minimum absolute atomic E-state index is 0.0282. The number of alkyl carbamates (subject to hydrolysis) is 1. The van der Waals surface area contributed by atoms with Crippen LogP contribution in [0.1, 0.15) is 50.4 Å². The minimum atomic E-state index is -1.05. The number of hydrogen-bond donors (Lipinski definition) is 2. The molecule has 3 aromatic rings. The Hall–Kier alpha value is -3.19. The van der Waals surface area contributed by atoms with Crippen molar-refractivity contribution >= 4 is 23.4 Å². The molecule has 2 N–H and O–H groups in total. The quantitative estimate of drug-likeness (QED) is 0.636. The van der Waals surface area contributed by atoms with E-state index in [0.717, 1.165) is 33.6 Å². The number of nitrogens with zero attached hydrogens (tertiary/aromatic N) is 1. The first-order chi connectivity index (χ1) is 14.0. The van der Waals surface area contributed by atoms with E-state index < -0.39 is 18.1 Å². The number of ether oxygens (including phenoxy) is 1. The Morgan fingerprint density at radius 1 is 1.14 bits per heavy atom. The van der Waals surface area contributed by atoms with Crippen LogP contribution in [0.4, 0.5) is 4.79 Å². The van der Waals surface area contributed by atoms with Gasteiger partial charge in [0, 0.05) is 5.92 Å². The zero-order valence-electron chi connectivity index (χ0n) is 16.0. The van der Waals surface area contributed by atoms with E-state index in [1.807, 2.05) is 24.3 Å². The maximum absolute atomic E-state index is 12.4. The Balaban J connectivity index is 1.46. The van der Waals surface area contributed by atoms with Crippen LogP contribution in [0, 0.1) is 6.92 Å². The van der Waals surface area contributed by atoms with Crippen molar-refractivity contribution < 1.29 is 19.4 Å². The van der Waals surface area contributed by atoms with E-state index in [1.54, 1.807) is 13.8 Å². The SMILES string of the molecule is Cc1nc([C@H](C)NC(=O)OCC2c3ccccc3-c3ccccc32)c(C(=O)O)s1. The van der Waals surface area contributed by atoms with E-state index in [2.05, 4.69) is 34.6 Å². The molecule has 1 aliphatic carbocycles. The topological polar surface area (TPSA) is 88.5 Å². The molecule has 1 heterocycles. The van der Waals surface area contributed by atoms with Gasteiger partial charge in [0.2, 0.25) is 0 Å². The first-order valence-corrected chi connectivity index (χ1v) is 10.1. The summed E-state index contributed by atoms with van der Waals surface area (Å²) in [4.78, 5) is 28.2. The average Bonchev–Trinajstić information content (AvgIpc) is 3.25. The van der Waals surface area contributed by atoms with E-state index in [-0.39, 0.29) is 17.4 Å². The lowest BCUT2D eigenvalue weighted by molar-refractivity contribution is 0.0699. The normalized spacial score (nSPS) is 13.4. The van der Waals surface area contributed by atoms with Gasteiger partial charge >= 0.3 is 12.1 Å². The van der Waals surface area contributed by atoms with Gasteiger partial charge in [-0.25, -0.2) is 14.6 Å². The Labute approximate surface area is 172 Å². The van der Waals surface area contributed by atoms with Crippen LogP contribution < -0.4 is 5.32 Å². The van der Waals surface area contributed by atoms with Gasteiger partial charge < -0.3 is 15.2 Å². The summed E-state index contributed by atoms with van der Waals surface area (Å²) < 4.78 is 5.52. The number of amides is 1. The molecule has 0 unspecified atom stereocenters. The van der Waals surface area contributed by atoms with Crippen molar-refractivity contribution in [2.45, 2.75) is 25.8 Å². The molecule has 0 bridgehead atoms. The molecule has 1 atom stereocenters. The van der Waals surface area contributed by atoms with Crippen LogP contribution in [-0.2, 0) is 4.74 Å². The molecule has 0 radical (unpaired) electrons. The molecule has 0 fully saturated rings. The monoisotopic (exact) mass is 408 g/mol. The first kappa shape index (κ1) is 19.1. The lowest BCUT2D eigenvalue weighted by atomic mass is 9.98. The highest BCUT2D eigenvalue weighted by Crippen LogP contribution is 2.44. The fourth-order valence-corrected chi connectivity index (χ4v) is 4.63. The second-order valence-corrected chi connectivity index (χ2v) is 8.15. The van der Waals surface area contributed by atoms with Crippen LogP contribution in [0.2, 0.25) is 0 Å². The summed E-state index contributed by atoms with van der Waals surface area (Å²) in [6.45, 7) is 3.64. The first-order valence-electron chi connectivity index (χ1n) is 9.28. The van der Waals surface area contributed by atoms with Gasteiger partial charge in [0.1, 0.15) is 11.5 Å². The summed E-state index contributed by atoms with van der Waals surface area (Å²) in [6.07, 6.45) is -0.596. The molecule has 1 amide bonds. The zero-order valence-corrected chi connectivity index (χ0v) is 16.8. The van der Waals surface area contributed by atoms with E-state index >= 15 is 0 Å². The molecule has 2 aromatic carbocycles. The van der Waals surface area contributed by atoms with Gasteiger partial charge in [0.25, 0.3) is 0 Å². The number of thiazole rings is 1. The maximum Gasteiger partial charge on any atom is 0.407 e. The lowest BCUT2D eigenvalue weighted by Crippen LogP contribution is -2.29. The van der Waals surface area contributed by atoms with Gasteiger partial charge in [0.15, 0.2) is 0 Å². The number of rotatable bonds is 5. The molecule has 7 heteroatoms. The molecule has 148 valence electrons. The van der Waals surface area contributed by atoms with Crippen molar-refractivity contribution in [2.24, 2.45) is 0 Å². The number of carboxylic acid groups (broad SMARTS) is 1. The molecular weight excluding hydrogens is 388 g/mol. The van der Waals surface area contributed by atoms with Crippen molar-refractivity contribution in [3.05, 3.63) is 75.2 Å². The van der Waals surface area contributed by atoms with Crippen molar-refractivity contribution in [1.29, 1.82) is 0 Å². The molecular formula is C22H20N2O4S. The molecule has 0 saturated carbocycles. The number of aryl methyl sites for hydroxylation is 1. The highest BCUT2D eigenvalue weighted by Gasteiger charge is 2.29. The number of aromatic nitrogens is 1. The van der Waals surface area contributed by atoms with Crippen molar-refractivity contribution in [2.75, 3.05) is 6.61 Å². The summed E-state index contributed by atoms with van der Waals surface area (Å²) in [7, 11) is 0. The fraction of sp³-hybridized carbons (Fsp3) is 0.227. The molecule has 4 rings (SSSR count). The van der Waals surface area contributed by atoms with Crippen LogP contribution in [-0.4, -0.2) is 28.8 Å². The summed E-state index contributed by atoms with van der Waals surface area (Å²) in [6, 6.07) is 15.7. The lowest BCUT2D eigenvalue weighted by Gasteiger charge is -2.17. The predicted molar refractivity (Wildman–Crippen MR) is 110 cm³/mol. The van der Waals surface area contributed by atoms with Gasteiger partial charge in [-0.15, -0.1) is 11.3 Å².